The zero-order valence-electron chi connectivity index (χ0n) is 6.09. The summed E-state index contributed by atoms with van der Waals surface area (Å²) in [5.41, 5.74) is -0.771. The minimum absolute atomic E-state index is 0.287. The highest BCUT2D eigenvalue weighted by atomic mass is 16.3. The van der Waals surface area contributed by atoms with Gasteiger partial charge in [-0.15, -0.1) is 0 Å². The van der Waals surface area contributed by atoms with Gasteiger partial charge in [0.25, 0.3) is 0 Å². The summed E-state index contributed by atoms with van der Waals surface area (Å²) in [4.78, 5) is 9.82. The summed E-state index contributed by atoms with van der Waals surface area (Å²) in [5, 5.41) is 11.9. The Morgan fingerprint density at radius 2 is 2.11 bits per heavy atom. The Morgan fingerprint density at radius 1 is 1.67 bits per heavy atom. The Morgan fingerprint density at radius 3 is 2.22 bits per heavy atom. The molecule has 0 saturated carbocycles. The fourth-order valence-electron chi connectivity index (χ4n) is 0.760. The lowest BCUT2D eigenvalue weighted by Crippen LogP contribution is -2.23. The minimum atomic E-state index is -0.771. The molecule has 0 aliphatic carbocycles. The maximum Gasteiger partial charge on any atom is 0.0918 e. The first kappa shape index (κ1) is 8.56. The van der Waals surface area contributed by atoms with Crippen LogP contribution in [0.25, 0.3) is 0 Å². The fourth-order valence-corrected chi connectivity index (χ4v) is 0.760. The van der Waals surface area contributed by atoms with Crippen molar-refractivity contribution >= 4 is 0 Å². The van der Waals surface area contributed by atoms with Gasteiger partial charge in [-0.2, -0.15) is 4.91 Å². The standard InChI is InChI=1S/C6H13NO2/c1-5(7-9)4-6(2,3)8/h5,8H,4H2,1-3H3. The van der Waals surface area contributed by atoms with Gasteiger partial charge in [-0.05, 0) is 20.8 Å². The average Bonchev–Trinajstić information content (AvgIpc) is 1.62. The van der Waals surface area contributed by atoms with Crippen molar-refractivity contribution < 1.29 is 5.11 Å². The van der Waals surface area contributed by atoms with E-state index < -0.39 is 5.60 Å². The van der Waals surface area contributed by atoms with Crippen LogP contribution < -0.4 is 0 Å². The van der Waals surface area contributed by atoms with Gasteiger partial charge in [0.05, 0.1) is 11.6 Å². The summed E-state index contributed by atoms with van der Waals surface area (Å²) in [6.07, 6.45) is 0.427. The average molecular weight is 131 g/mol. The molecule has 0 aromatic carbocycles. The van der Waals surface area contributed by atoms with Gasteiger partial charge in [-0.25, -0.2) is 0 Å². The SMILES string of the molecule is CC(CC(C)(C)O)N=O. The molecule has 0 aliphatic rings. The van der Waals surface area contributed by atoms with Crippen LogP contribution in [0.1, 0.15) is 27.2 Å². The van der Waals surface area contributed by atoms with Gasteiger partial charge in [-0.3, -0.25) is 0 Å². The van der Waals surface area contributed by atoms with Crippen molar-refractivity contribution in [3.8, 4) is 0 Å². The Balaban J connectivity index is 3.59. The van der Waals surface area contributed by atoms with Crippen LogP contribution in [0.15, 0.2) is 5.18 Å². The molecule has 0 amide bonds. The van der Waals surface area contributed by atoms with E-state index in [-0.39, 0.29) is 6.04 Å². The molecule has 54 valence electrons. The molecule has 0 spiro atoms. The number of hydrogen-bond acceptors (Lipinski definition) is 3. The highest BCUT2D eigenvalue weighted by molar-refractivity contribution is 4.72. The minimum Gasteiger partial charge on any atom is -0.390 e. The van der Waals surface area contributed by atoms with Crippen molar-refractivity contribution in [2.75, 3.05) is 0 Å². The Bertz CT molecular complexity index is 95.7. The highest BCUT2D eigenvalue weighted by Crippen LogP contribution is 2.11. The molecule has 0 fully saturated rings. The zero-order chi connectivity index (χ0) is 7.49. The number of hydrogen-bond donors (Lipinski definition) is 1. The summed E-state index contributed by atoms with van der Waals surface area (Å²) in [7, 11) is 0. The van der Waals surface area contributed by atoms with Crippen LogP contribution in [0, 0.1) is 4.91 Å². The van der Waals surface area contributed by atoms with Gasteiger partial charge >= 0.3 is 0 Å². The van der Waals surface area contributed by atoms with Crippen molar-refractivity contribution in [2.24, 2.45) is 5.18 Å². The van der Waals surface area contributed by atoms with E-state index in [0.29, 0.717) is 6.42 Å². The molecule has 1 N–H and O–H groups in total. The van der Waals surface area contributed by atoms with E-state index >= 15 is 0 Å². The third-order valence-electron chi connectivity index (χ3n) is 0.975. The zero-order valence-corrected chi connectivity index (χ0v) is 6.09. The normalized spacial score (nSPS) is 15.1. The maximum atomic E-state index is 9.82. The van der Waals surface area contributed by atoms with Crippen LogP contribution in [-0.2, 0) is 0 Å². The second kappa shape index (κ2) is 2.92. The molecule has 0 aromatic rings. The lowest BCUT2D eigenvalue weighted by Gasteiger charge is -2.17. The van der Waals surface area contributed by atoms with Crippen LogP contribution in [0.2, 0.25) is 0 Å². The molecule has 9 heavy (non-hydrogen) atoms. The molecule has 0 radical (unpaired) electrons. The van der Waals surface area contributed by atoms with Crippen LogP contribution >= 0.6 is 0 Å². The smallest absolute Gasteiger partial charge is 0.0918 e. The summed E-state index contributed by atoms with van der Waals surface area (Å²) in [6, 6.07) is -0.287. The number of aliphatic hydroxyl groups is 1. The molecule has 3 heteroatoms. The van der Waals surface area contributed by atoms with Crippen molar-refractivity contribution in [3.05, 3.63) is 4.91 Å². The molecule has 0 aromatic heterocycles. The molecule has 3 nitrogen and oxygen atoms in total. The van der Waals surface area contributed by atoms with E-state index in [1.165, 1.54) is 0 Å². The second-order valence-corrected chi connectivity index (χ2v) is 2.97. The predicted molar refractivity (Wildman–Crippen MR) is 36.2 cm³/mol. The number of rotatable bonds is 3. The first-order valence-corrected chi connectivity index (χ1v) is 3.00. The summed E-state index contributed by atoms with van der Waals surface area (Å²) >= 11 is 0. The van der Waals surface area contributed by atoms with Gasteiger partial charge in [0.2, 0.25) is 0 Å². The van der Waals surface area contributed by atoms with Crippen LogP contribution in [0.5, 0.6) is 0 Å². The van der Waals surface area contributed by atoms with Crippen LogP contribution in [-0.4, -0.2) is 16.7 Å². The lowest BCUT2D eigenvalue weighted by atomic mass is 10.0. The Hall–Kier alpha value is -0.440. The maximum absolute atomic E-state index is 9.82. The number of nitroso groups, excluding NO2 is 1. The summed E-state index contributed by atoms with van der Waals surface area (Å²) < 4.78 is 0. The van der Waals surface area contributed by atoms with Crippen molar-refractivity contribution in [3.63, 3.8) is 0 Å². The van der Waals surface area contributed by atoms with E-state index in [0.717, 1.165) is 0 Å². The quantitative estimate of drug-likeness (QED) is 0.587. The summed E-state index contributed by atoms with van der Waals surface area (Å²) in [5.74, 6) is 0. The van der Waals surface area contributed by atoms with Crippen molar-refractivity contribution in [1.29, 1.82) is 0 Å². The molecule has 0 rings (SSSR count). The molecule has 1 atom stereocenters. The first-order chi connectivity index (χ1) is 3.95. The Labute approximate surface area is 55.1 Å². The molecule has 0 aliphatic heterocycles. The fraction of sp³-hybridized carbons (Fsp3) is 1.00. The van der Waals surface area contributed by atoms with Gasteiger partial charge in [-0.1, -0.05) is 5.18 Å². The Kier molecular flexibility index (Phi) is 2.77. The molecule has 1 unspecified atom stereocenters. The van der Waals surface area contributed by atoms with E-state index in [1.807, 2.05) is 0 Å². The van der Waals surface area contributed by atoms with Crippen molar-refractivity contribution in [1.82, 2.24) is 0 Å². The van der Waals surface area contributed by atoms with Crippen LogP contribution in [0.3, 0.4) is 0 Å². The second-order valence-electron chi connectivity index (χ2n) is 2.97. The largest absolute Gasteiger partial charge is 0.390 e. The third kappa shape index (κ3) is 5.43. The lowest BCUT2D eigenvalue weighted by molar-refractivity contribution is 0.0655. The third-order valence-corrected chi connectivity index (χ3v) is 0.975. The molecule has 0 bridgehead atoms. The number of nitrogens with zero attached hydrogens (tertiary/aromatic N) is 1. The van der Waals surface area contributed by atoms with E-state index in [2.05, 4.69) is 5.18 Å². The van der Waals surface area contributed by atoms with Gasteiger partial charge in [0.15, 0.2) is 0 Å². The van der Waals surface area contributed by atoms with E-state index in [1.54, 1.807) is 20.8 Å². The topological polar surface area (TPSA) is 49.7 Å². The van der Waals surface area contributed by atoms with E-state index in [4.69, 9.17) is 5.11 Å². The van der Waals surface area contributed by atoms with Crippen LogP contribution in [0.4, 0.5) is 0 Å². The monoisotopic (exact) mass is 131 g/mol. The van der Waals surface area contributed by atoms with Gasteiger partial charge in [0.1, 0.15) is 0 Å². The molecular weight excluding hydrogens is 118 g/mol. The highest BCUT2D eigenvalue weighted by Gasteiger charge is 2.16. The molecule has 0 saturated heterocycles. The first-order valence-electron chi connectivity index (χ1n) is 3.00. The summed E-state index contributed by atoms with van der Waals surface area (Å²) in [6.45, 7) is 5.01. The molecule has 0 heterocycles. The van der Waals surface area contributed by atoms with E-state index in [9.17, 15) is 4.91 Å². The van der Waals surface area contributed by atoms with Crippen molar-refractivity contribution in [2.45, 2.75) is 38.8 Å². The van der Waals surface area contributed by atoms with Gasteiger partial charge < -0.3 is 5.11 Å². The van der Waals surface area contributed by atoms with Gasteiger partial charge in [0, 0.05) is 6.42 Å². The predicted octanol–water partition coefficient (Wildman–Crippen LogP) is 1.30. The molecular formula is C6H13NO2.